The standard InChI is InChI=1S/C15H19NOS/c1-4-12(8-17)14-9-18-15(16-14)13-6-5-10(2)11(3)7-13/h5-7,9,12,17H,4,8H2,1-3H3. The highest BCUT2D eigenvalue weighted by molar-refractivity contribution is 7.13. The molecule has 0 saturated carbocycles. The second-order valence-electron chi connectivity index (χ2n) is 4.66. The first-order valence-electron chi connectivity index (χ1n) is 6.29. The topological polar surface area (TPSA) is 33.1 Å². The van der Waals surface area contributed by atoms with Crippen LogP contribution in [0.25, 0.3) is 10.6 Å². The van der Waals surface area contributed by atoms with Crippen molar-refractivity contribution in [3.8, 4) is 10.6 Å². The van der Waals surface area contributed by atoms with Crippen molar-refractivity contribution < 1.29 is 5.11 Å². The maximum absolute atomic E-state index is 9.30. The highest BCUT2D eigenvalue weighted by atomic mass is 32.1. The molecule has 0 aliphatic heterocycles. The van der Waals surface area contributed by atoms with Gasteiger partial charge < -0.3 is 5.11 Å². The Morgan fingerprint density at radius 1 is 1.28 bits per heavy atom. The summed E-state index contributed by atoms with van der Waals surface area (Å²) in [5.74, 6) is 0.168. The normalized spacial score (nSPS) is 12.7. The SMILES string of the molecule is CCC(CO)c1csc(-c2ccc(C)c(C)c2)n1. The van der Waals surface area contributed by atoms with Crippen molar-refractivity contribution in [2.45, 2.75) is 33.1 Å². The van der Waals surface area contributed by atoms with E-state index < -0.39 is 0 Å². The third-order valence-corrected chi connectivity index (χ3v) is 4.32. The molecule has 1 atom stereocenters. The predicted octanol–water partition coefficient (Wildman–Crippen LogP) is 3.91. The van der Waals surface area contributed by atoms with Crippen molar-refractivity contribution in [1.82, 2.24) is 4.98 Å². The summed E-state index contributed by atoms with van der Waals surface area (Å²) in [6, 6.07) is 6.43. The molecule has 3 heteroatoms. The van der Waals surface area contributed by atoms with Crippen molar-refractivity contribution >= 4 is 11.3 Å². The highest BCUT2D eigenvalue weighted by Gasteiger charge is 2.13. The molecule has 0 radical (unpaired) electrons. The van der Waals surface area contributed by atoms with Crippen molar-refractivity contribution in [1.29, 1.82) is 0 Å². The highest BCUT2D eigenvalue weighted by Crippen LogP contribution is 2.29. The van der Waals surface area contributed by atoms with Crippen LogP contribution in [0.15, 0.2) is 23.6 Å². The lowest BCUT2D eigenvalue weighted by Gasteiger charge is -2.07. The monoisotopic (exact) mass is 261 g/mol. The first-order valence-corrected chi connectivity index (χ1v) is 7.17. The lowest BCUT2D eigenvalue weighted by Crippen LogP contribution is -2.02. The largest absolute Gasteiger partial charge is 0.396 e. The molecule has 1 aromatic carbocycles. The maximum atomic E-state index is 9.30. The molecule has 0 spiro atoms. The third-order valence-electron chi connectivity index (χ3n) is 3.41. The lowest BCUT2D eigenvalue weighted by molar-refractivity contribution is 0.260. The number of aliphatic hydroxyl groups excluding tert-OH is 1. The number of rotatable bonds is 4. The number of aryl methyl sites for hydroxylation is 2. The Morgan fingerprint density at radius 2 is 2.06 bits per heavy atom. The molecule has 0 saturated heterocycles. The van der Waals surface area contributed by atoms with Gasteiger partial charge in [-0.2, -0.15) is 0 Å². The molecular weight excluding hydrogens is 242 g/mol. The number of nitrogens with zero attached hydrogens (tertiary/aromatic N) is 1. The number of aromatic nitrogens is 1. The average Bonchev–Trinajstić information content (AvgIpc) is 2.84. The fraction of sp³-hybridized carbons (Fsp3) is 0.400. The van der Waals surface area contributed by atoms with Crippen LogP contribution in [-0.4, -0.2) is 16.7 Å². The van der Waals surface area contributed by atoms with Crippen LogP contribution < -0.4 is 0 Å². The Bertz CT molecular complexity index is 529. The van der Waals surface area contributed by atoms with Crippen LogP contribution in [0.3, 0.4) is 0 Å². The van der Waals surface area contributed by atoms with E-state index in [2.05, 4.69) is 49.3 Å². The maximum Gasteiger partial charge on any atom is 0.123 e. The fourth-order valence-electron chi connectivity index (χ4n) is 1.91. The van der Waals surface area contributed by atoms with Gasteiger partial charge in [-0.25, -0.2) is 4.98 Å². The van der Waals surface area contributed by atoms with Crippen molar-refractivity contribution in [3.05, 3.63) is 40.4 Å². The van der Waals surface area contributed by atoms with Crippen LogP contribution in [-0.2, 0) is 0 Å². The minimum atomic E-state index is 0.168. The molecule has 18 heavy (non-hydrogen) atoms. The van der Waals surface area contributed by atoms with E-state index in [0.29, 0.717) is 0 Å². The van der Waals surface area contributed by atoms with E-state index in [1.165, 1.54) is 16.7 Å². The zero-order valence-corrected chi connectivity index (χ0v) is 11.9. The Hall–Kier alpha value is -1.19. The van der Waals surface area contributed by atoms with E-state index in [0.717, 1.165) is 17.1 Å². The van der Waals surface area contributed by atoms with E-state index in [9.17, 15) is 5.11 Å². The summed E-state index contributed by atoms with van der Waals surface area (Å²) in [4.78, 5) is 4.65. The molecule has 1 heterocycles. The van der Waals surface area contributed by atoms with E-state index in [-0.39, 0.29) is 12.5 Å². The van der Waals surface area contributed by atoms with Crippen molar-refractivity contribution in [2.24, 2.45) is 0 Å². The Labute approximate surface area is 112 Å². The van der Waals surface area contributed by atoms with Crippen LogP contribution >= 0.6 is 11.3 Å². The zero-order valence-electron chi connectivity index (χ0n) is 11.1. The smallest absolute Gasteiger partial charge is 0.123 e. The Balaban J connectivity index is 2.31. The molecular formula is C15H19NOS. The minimum Gasteiger partial charge on any atom is -0.396 e. The van der Waals surface area contributed by atoms with Gasteiger partial charge in [0, 0.05) is 16.9 Å². The quantitative estimate of drug-likeness (QED) is 0.905. The minimum absolute atomic E-state index is 0.168. The molecule has 2 aromatic rings. The second kappa shape index (κ2) is 5.63. The Kier molecular flexibility index (Phi) is 4.15. The molecule has 0 aliphatic rings. The van der Waals surface area contributed by atoms with Gasteiger partial charge in [-0.05, 0) is 37.5 Å². The fourth-order valence-corrected chi connectivity index (χ4v) is 2.81. The van der Waals surface area contributed by atoms with E-state index in [4.69, 9.17) is 0 Å². The van der Waals surface area contributed by atoms with Gasteiger partial charge in [-0.15, -0.1) is 11.3 Å². The van der Waals surface area contributed by atoms with Crippen LogP contribution in [0, 0.1) is 13.8 Å². The summed E-state index contributed by atoms with van der Waals surface area (Å²) in [7, 11) is 0. The molecule has 0 bridgehead atoms. The summed E-state index contributed by atoms with van der Waals surface area (Å²) in [6.07, 6.45) is 0.923. The van der Waals surface area contributed by atoms with Crippen LogP contribution in [0.5, 0.6) is 0 Å². The second-order valence-corrected chi connectivity index (χ2v) is 5.52. The van der Waals surface area contributed by atoms with E-state index in [1.807, 2.05) is 0 Å². The molecule has 1 unspecified atom stereocenters. The first kappa shape index (κ1) is 13.2. The number of hydrogen-bond acceptors (Lipinski definition) is 3. The van der Waals surface area contributed by atoms with Gasteiger partial charge in [-0.1, -0.05) is 19.1 Å². The molecule has 0 aliphatic carbocycles. The molecule has 2 rings (SSSR count). The van der Waals surface area contributed by atoms with Crippen LogP contribution in [0.4, 0.5) is 0 Å². The third kappa shape index (κ3) is 2.62. The Morgan fingerprint density at radius 3 is 2.67 bits per heavy atom. The molecule has 1 N–H and O–H groups in total. The number of thiazole rings is 1. The zero-order chi connectivity index (χ0) is 13.1. The van der Waals surface area contributed by atoms with E-state index in [1.54, 1.807) is 11.3 Å². The number of benzene rings is 1. The van der Waals surface area contributed by atoms with Gasteiger partial charge in [0.2, 0.25) is 0 Å². The molecule has 0 amide bonds. The summed E-state index contributed by atoms with van der Waals surface area (Å²) in [5, 5.41) is 12.4. The average molecular weight is 261 g/mol. The van der Waals surface area contributed by atoms with Gasteiger partial charge >= 0.3 is 0 Å². The summed E-state index contributed by atoms with van der Waals surface area (Å²) < 4.78 is 0. The van der Waals surface area contributed by atoms with Crippen molar-refractivity contribution in [2.75, 3.05) is 6.61 Å². The van der Waals surface area contributed by atoms with Crippen LogP contribution in [0.1, 0.15) is 36.1 Å². The van der Waals surface area contributed by atoms with Gasteiger partial charge in [0.1, 0.15) is 5.01 Å². The number of aliphatic hydroxyl groups is 1. The molecule has 96 valence electrons. The molecule has 1 aromatic heterocycles. The van der Waals surface area contributed by atoms with Gasteiger partial charge in [0.05, 0.1) is 12.3 Å². The lowest BCUT2D eigenvalue weighted by atomic mass is 10.0. The van der Waals surface area contributed by atoms with Gasteiger partial charge in [0.15, 0.2) is 0 Å². The summed E-state index contributed by atoms with van der Waals surface area (Å²) >= 11 is 1.65. The number of hydrogen-bond donors (Lipinski definition) is 1. The molecule has 0 fully saturated rings. The summed E-state index contributed by atoms with van der Waals surface area (Å²) in [5.41, 5.74) is 4.77. The van der Waals surface area contributed by atoms with Gasteiger partial charge in [-0.3, -0.25) is 0 Å². The van der Waals surface area contributed by atoms with E-state index >= 15 is 0 Å². The predicted molar refractivity (Wildman–Crippen MR) is 77.1 cm³/mol. The van der Waals surface area contributed by atoms with Crippen molar-refractivity contribution in [3.63, 3.8) is 0 Å². The summed E-state index contributed by atoms with van der Waals surface area (Å²) in [6.45, 7) is 6.49. The van der Waals surface area contributed by atoms with Crippen LogP contribution in [0.2, 0.25) is 0 Å². The van der Waals surface area contributed by atoms with Gasteiger partial charge in [0.25, 0.3) is 0 Å². The molecule has 2 nitrogen and oxygen atoms in total. The first-order chi connectivity index (χ1) is 8.65.